The Balaban J connectivity index is 1.60. The van der Waals surface area contributed by atoms with Crippen molar-refractivity contribution in [2.75, 3.05) is 5.73 Å². The number of aromatic amines is 1. The highest BCUT2D eigenvalue weighted by atomic mass is 16.3. The lowest BCUT2D eigenvalue weighted by molar-refractivity contribution is 0.0930. The quantitative estimate of drug-likeness (QED) is 0.491. The number of hydrogen-bond donors (Lipinski definition) is 3. The lowest BCUT2D eigenvalue weighted by Gasteiger charge is -2.19. The maximum atomic E-state index is 12.8. The second-order valence-electron chi connectivity index (χ2n) is 6.47. The van der Waals surface area contributed by atoms with Gasteiger partial charge in [0, 0.05) is 11.4 Å². The van der Waals surface area contributed by atoms with Crippen LogP contribution in [-0.4, -0.2) is 25.8 Å². The molecule has 0 bridgehead atoms. The van der Waals surface area contributed by atoms with E-state index in [0.29, 0.717) is 23.7 Å². The molecule has 2 aromatic heterocycles. The molecule has 142 valence electrons. The van der Waals surface area contributed by atoms with E-state index in [4.69, 9.17) is 10.2 Å². The van der Waals surface area contributed by atoms with Crippen LogP contribution >= 0.6 is 0 Å². The fourth-order valence-corrected chi connectivity index (χ4v) is 3.14. The number of fused-ring (bicyclic) bond motifs is 1. The third-order valence-electron chi connectivity index (χ3n) is 4.61. The van der Waals surface area contributed by atoms with E-state index in [0.717, 1.165) is 17.0 Å². The zero-order valence-electron chi connectivity index (χ0n) is 15.6. The molecule has 0 spiro atoms. The van der Waals surface area contributed by atoms with E-state index in [1.54, 1.807) is 6.92 Å². The summed E-state index contributed by atoms with van der Waals surface area (Å²) in [6.45, 7) is 3.73. The Bertz CT molecular complexity index is 1090. The molecular weight excluding hydrogens is 356 g/mol. The van der Waals surface area contributed by atoms with Gasteiger partial charge in [0.2, 0.25) is 5.89 Å². The van der Waals surface area contributed by atoms with Crippen LogP contribution in [0.4, 0.5) is 5.82 Å². The number of pyridine rings is 1. The van der Waals surface area contributed by atoms with Gasteiger partial charge in [-0.25, -0.2) is 15.0 Å². The summed E-state index contributed by atoms with van der Waals surface area (Å²) >= 11 is 0. The number of nitrogens with two attached hydrogens (primary N) is 1. The Morgan fingerprint density at radius 1 is 1.29 bits per heavy atom. The molecule has 4 rings (SSSR count). The molecule has 1 aliphatic heterocycles. The molecule has 1 unspecified atom stereocenters. The molecule has 0 fully saturated rings. The van der Waals surface area contributed by atoms with Crippen LogP contribution in [0.25, 0.3) is 22.8 Å². The number of nitrogens with one attached hydrogen (secondary N) is 2. The van der Waals surface area contributed by atoms with Crippen molar-refractivity contribution < 1.29 is 9.21 Å². The number of aromatic nitrogens is 4. The number of H-pyrrole nitrogens is 1. The maximum Gasteiger partial charge on any atom is 0.274 e. The first-order chi connectivity index (χ1) is 13.6. The van der Waals surface area contributed by atoms with Crippen molar-refractivity contribution >= 4 is 11.7 Å². The summed E-state index contributed by atoms with van der Waals surface area (Å²) in [4.78, 5) is 28.9. The van der Waals surface area contributed by atoms with Crippen molar-refractivity contribution in [3.63, 3.8) is 0 Å². The van der Waals surface area contributed by atoms with Gasteiger partial charge in [0.05, 0.1) is 17.9 Å². The summed E-state index contributed by atoms with van der Waals surface area (Å²) in [5.74, 6) is -0.0378. The number of nitrogen functional groups attached to an aromatic ring is 1. The van der Waals surface area contributed by atoms with E-state index in [-0.39, 0.29) is 23.5 Å². The normalized spacial score (nSPS) is 12.2. The van der Waals surface area contributed by atoms with Gasteiger partial charge in [0.15, 0.2) is 11.5 Å². The van der Waals surface area contributed by atoms with Gasteiger partial charge >= 0.3 is 0 Å². The van der Waals surface area contributed by atoms with E-state index in [2.05, 4.69) is 25.3 Å². The van der Waals surface area contributed by atoms with E-state index in [1.165, 1.54) is 12.5 Å². The Kier molecular flexibility index (Phi) is 4.52. The number of hydrogen-bond acceptors (Lipinski definition) is 6. The number of anilines is 1. The van der Waals surface area contributed by atoms with Crippen molar-refractivity contribution in [3.05, 3.63) is 59.9 Å². The van der Waals surface area contributed by atoms with E-state index >= 15 is 0 Å². The van der Waals surface area contributed by atoms with Crippen LogP contribution in [0, 0.1) is 6.92 Å². The monoisotopic (exact) mass is 376 g/mol. The largest absolute Gasteiger partial charge is 0.443 e. The van der Waals surface area contributed by atoms with Crippen molar-refractivity contribution in [1.82, 2.24) is 25.3 Å². The number of carbonyl (C=O) groups is 1. The van der Waals surface area contributed by atoms with Gasteiger partial charge < -0.3 is 20.5 Å². The predicted octanol–water partition coefficient (Wildman–Crippen LogP) is 3.34. The highest BCUT2D eigenvalue weighted by Crippen LogP contribution is 2.25. The van der Waals surface area contributed by atoms with Crippen molar-refractivity contribution in [3.8, 4) is 22.8 Å². The first-order valence-corrected chi connectivity index (χ1v) is 8.99. The number of oxazole rings is 1. The fourth-order valence-electron chi connectivity index (χ4n) is 3.14. The minimum atomic E-state index is -0.380. The van der Waals surface area contributed by atoms with Gasteiger partial charge in [0.25, 0.3) is 5.91 Å². The summed E-state index contributed by atoms with van der Waals surface area (Å²) in [6.07, 6.45) is 3.66. The van der Waals surface area contributed by atoms with Crippen LogP contribution in [0.1, 0.15) is 41.3 Å². The number of aryl methyl sites for hydroxylation is 1. The van der Waals surface area contributed by atoms with Crippen LogP contribution < -0.4 is 11.1 Å². The molecule has 1 atom stereocenters. The number of nitrogens with zero attached hydrogens (tertiary/aromatic N) is 3. The molecule has 1 amide bonds. The van der Waals surface area contributed by atoms with Crippen LogP contribution in [0.15, 0.2) is 47.2 Å². The van der Waals surface area contributed by atoms with Crippen molar-refractivity contribution in [2.24, 2.45) is 0 Å². The summed E-state index contributed by atoms with van der Waals surface area (Å²) in [6, 6.07) is 9.81. The highest BCUT2D eigenvalue weighted by Gasteiger charge is 2.22. The molecule has 2 aliphatic rings. The zero-order chi connectivity index (χ0) is 19.7. The summed E-state index contributed by atoms with van der Waals surface area (Å²) in [7, 11) is 0. The average Bonchev–Trinajstić information content (AvgIpc) is 3.38. The topological polar surface area (TPSA) is 123 Å². The molecule has 0 aromatic carbocycles. The summed E-state index contributed by atoms with van der Waals surface area (Å²) in [5, 5.41) is 2.99. The second kappa shape index (κ2) is 7.15. The van der Waals surface area contributed by atoms with Gasteiger partial charge in [-0.15, -0.1) is 0 Å². The average molecular weight is 376 g/mol. The number of rotatable bonds is 5. The van der Waals surface area contributed by atoms with Gasteiger partial charge in [0.1, 0.15) is 12.0 Å². The van der Waals surface area contributed by atoms with E-state index in [1.807, 2.05) is 37.3 Å². The Hall–Kier alpha value is -3.68. The Morgan fingerprint density at radius 2 is 2.14 bits per heavy atom. The lowest BCUT2D eigenvalue weighted by atomic mass is 10.1. The molecule has 3 heterocycles. The Morgan fingerprint density at radius 3 is 2.89 bits per heavy atom. The lowest BCUT2D eigenvalue weighted by Crippen LogP contribution is -2.30. The van der Waals surface area contributed by atoms with Crippen LogP contribution in [0.3, 0.4) is 0 Å². The first-order valence-electron chi connectivity index (χ1n) is 8.99. The SMILES string of the molecule is CCC(NC(=O)c1nc(C)c(-c2ncco2)nc1N)c1ccc2cccc-2[nH]1. The molecule has 8 nitrogen and oxygen atoms in total. The molecule has 2 aromatic rings. The molecule has 28 heavy (non-hydrogen) atoms. The molecule has 4 N–H and O–H groups in total. The van der Waals surface area contributed by atoms with E-state index in [9.17, 15) is 4.79 Å². The van der Waals surface area contributed by atoms with Crippen LogP contribution in [-0.2, 0) is 0 Å². The fraction of sp³-hybridized carbons (Fsp3) is 0.200. The molecular formula is C20H20N6O2. The van der Waals surface area contributed by atoms with Gasteiger partial charge in [-0.1, -0.05) is 25.1 Å². The second-order valence-corrected chi connectivity index (χ2v) is 6.47. The third kappa shape index (κ3) is 3.20. The number of carbonyl (C=O) groups excluding carboxylic acids is 1. The van der Waals surface area contributed by atoms with Crippen LogP contribution in [0.5, 0.6) is 0 Å². The molecule has 8 heteroatoms. The molecule has 1 aliphatic carbocycles. The van der Waals surface area contributed by atoms with Gasteiger partial charge in [-0.2, -0.15) is 0 Å². The van der Waals surface area contributed by atoms with Crippen LogP contribution in [0.2, 0.25) is 0 Å². The third-order valence-corrected chi connectivity index (χ3v) is 4.61. The number of amides is 1. The first kappa shape index (κ1) is 17.7. The van der Waals surface area contributed by atoms with Gasteiger partial charge in [-0.3, -0.25) is 4.79 Å². The predicted molar refractivity (Wildman–Crippen MR) is 105 cm³/mol. The van der Waals surface area contributed by atoms with E-state index < -0.39 is 0 Å². The van der Waals surface area contributed by atoms with Crippen molar-refractivity contribution in [2.45, 2.75) is 26.3 Å². The maximum absolute atomic E-state index is 12.8. The summed E-state index contributed by atoms with van der Waals surface area (Å²) in [5.41, 5.74) is 10.1. The highest BCUT2D eigenvalue weighted by molar-refractivity contribution is 5.97. The smallest absolute Gasteiger partial charge is 0.274 e. The molecule has 0 saturated heterocycles. The molecule has 0 radical (unpaired) electrons. The Labute approximate surface area is 161 Å². The standard InChI is InChI=1S/C20H20N6O2/c1-3-13(15-8-7-12-5-4-6-14(12)24-15)25-19(27)17-18(21)26-16(11(2)23-17)20-22-9-10-28-20/h4-10,13,24H,3H2,1-2H3,(H2,21,26)(H,25,27). The minimum absolute atomic E-state index is 0.0293. The molecule has 0 saturated carbocycles. The minimum Gasteiger partial charge on any atom is -0.443 e. The zero-order valence-corrected chi connectivity index (χ0v) is 15.6. The summed E-state index contributed by atoms with van der Waals surface area (Å²) < 4.78 is 5.25. The van der Waals surface area contributed by atoms with Crippen molar-refractivity contribution in [1.29, 1.82) is 0 Å². The van der Waals surface area contributed by atoms with Gasteiger partial charge in [-0.05, 0) is 31.0 Å².